The summed E-state index contributed by atoms with van der Waals surface area (Å²) < 4.78 is 0.943. The first-order valence-electron chi connectivity index (χ1n) is 7.32. The molecule has 1 aromatic heterocycles. The Labute approximate surface area is 130 Å². The molecule has 1 aromatic carbocycles. The van der Waals surface area contributed by atoms with E-state index in [0.717, 1.165) is 17.5 Å². The van der Waals surface area contributed by atoms with Gasteiger partial charge >= 0.3 is 0 Å². The van der Waals surface area contributed by atoms with E-state index in [0.29, 0.717) is 0 Å². The molecule has 0 spiro atoms. The Bertz CT molecular complexity index is 879. The van der Waals surface area contributed by atoms with Crippen LogP contribution in [0.15, 0.2) is 33.9 Å². The molecule has 0 unspecified atom stereocenters. The number of nitrogens with one attached hydrogen (secondary N) is 3. The van der Waals surface area contributed by atoms with Crippen LogP contribution in [0.25, 0.3) is 10.8 Å². The summed E-state index contributed by atoms with van der Waals surface area (Å²) >= 11 is 0. The van der Waals surface area contributed by atoms with Crippen LogP contribution in [-0.2, 0) is 16.1 Å². The molecule has 8 nitrogen and oxygen atoms in total. The summed E-state index contributed by atoms with van der Waals surface area (Å²) in [5, 5.41) is 8.05. The summed E-state index contributed by atoms with van der Waals surface area (Å²) in [4.78, 5) is 47.5. The number of benzene rings is 1. The molecule has 0 atom stereocenters. The van der Waals surface area contributed by atoms with Crippen LogP contribution in [0.5, 0.6) is 0 Å². The Morgan fingerprint density at radius 2 is 1.83 bits per heavy atom. The lowest BCUT2D eigenvalue weighted by Crippen LogP contribution is -2.41. The Hall–Kier alpha value is -2.90. The van der Waals surface area contributed by atoms with Crippen LogP contribution in [0, 0.1) is 0 Å². The summed E-state index contributed by atoms with van der Waals surface area (Å²) in [5.41, 5.74) is -0.905. The number of nitrogens with zero attached hydrogens (tertiary/aromatic N) is 1. The molecular weight excluding hydrogens is 300 g/mol. The van der Waals surface area contributed by atoms with Crippen molar-refractivity contribution in [2.75, 3.05) is 6.54 Å². The standard InChI is InChI=1S/C15H16N4O4/c20-12(17-9-5-6-9)7-16-13(21)8-19-15(23)11-4-2-1-3-10(11)14(22)18-19/h1-4,9H,5-8H2,(H,16,21)(H,17,20)(H,18,22). The van der Waals surface area contributed by atoms with Crippen molar-refractivity contribution in [3.05, 3.63) is 45.0 Å². The number of amides is 2. The Kier molecular flexibility index (Phi) is 3.96. The molecule has 23 heavy (non-hydrogen) atoms. The Morgan fingerprint density at radius 3 is 2.52 bits per heavy atom. The molecule has 1 aliphatic rings. The van der Waals surface area contributed by atoms with E-state index in [1.54, 1.807) is 18.2 Å². The Balaban J connectivity index is 1.69. The quantitative estimate of drug-likeness (QED) is 0.662. The van der Waals surface area contributed by atoms with E-state index in [-0.39, 0.29) is 35.8 Å². The predicted molar refractivity (Wildman–Crippen MR) is 83.0 cm³/mol. The average molecular weight is 316 g/mol. The minimum atomic E-state index is -0.524. The van der Waals surface area contributed by atoms with Gasteiger partial charge in [0.2, 0.25) is 11.8 Å². The van der Waals surface area contributed by atoms with Crippen LogP contribution in [0.2, 0.25) is 0 Å². The van der Waals surface area contributed by atoms with E-state index < -0.39 is 17.0 Å². The van der Waals surface area contributed by atoms with Crippen molar-refractivity contribution >= 4 is 22.6 Å². The first kappa shape index (κ1) is 15.0. The van der Waals surface area contributed by atoms with Gasteiger partial charge in [0.05, 0.1) is 17.3 Å². The van der Waals surface area contributed by atoms with E-state index >= 15 is 0 Å². The highest BCUT2D eigenvalue weighted by Gasteiger charge is 2.23. The van der Waals surface area contributed by atoms with Crippen molar-refractivity contribution in [3.8, 4) is 0 Å². The second-order valence-electron chi connectivity index (χ2n) is 5.50. The molecule has 2 aromatic rings. The zero-order valence-corrected chi connectivity index (χ0v) is 12.3. The van der Waals surface area contributed by atoms with Crippen molar-refractivity contribution in [3.63, 3.8) is 0 Å². The average Bonchev–Trinajstić information content (AvgIpc) is 3.34. The molecule has 120 valence electrons. The van der Waals surface area contributed by atoms with Crippen molar-refractivity contribution in [2.24, 2.45) is 0 Å². The van der Waals surface area contributed by atoms with E-state index in [4.69, 9.17) is 0 Å². The van der Waals surface area contributed by atoms with Gasteiger partial charge in [-0.15, -0.1) is 0 Å². The topological polar surface area (TPSA) is 113 Å². The van der Waals surface area contributed by atoms with Crippen LogP contribution in [0.4, 0.5) is 0 Å². The summed E-state index contributed by atoms with van der Waals surface area (Å²) in [7, 11) is 0. The van der Waals surface area contributed by atoms with E-state index in [2.05, 4.69) is 15.7 Å². The predicted octanol–water partition coefficient (Wildman–Crippen LogP) is -0.915. The maximum absolute atomic E-state index is 12.2. The summed E-state index contributed by atoms with van der Waals surface area (Å²) in [6, 6.07) is 6.61. The minimum Gasteiger partial charge on any atom is -0.352 e. The highest BCUT2D eigenvalue weighted by molar-refractivity contribution is 5.85. The van der Waals surface area contributed by atoms with Gasteiger partial charge in [-0.1, -0.05) is 12.1 Å². The van der Waals surface area contributed by atoms with Crippen LogP contribution in [0.1, 0.15) is 12.8 Å². The van der Waals surface area contributed by atoms with E-state index in [1.807, 2.05) is 0 Å². The zero-order chi connectivity index (χ0) is 16.4. The Morgan fingerprint density at radius 1 is 1.13 bits per heavy atom. The number of aromatic nitrogens is 2. The van der Waals surface area contributed by atoms with Gasteiger partial charge in [0.1, 0.15) is 6.54 Å². The largest absolute Gasteiger partial charge is 0.352 e. The number of hydrogen-bond donors (Lipinski definition) is 3. The van der Waals surface area contributed by atoms with Crippen molar-refractivity contribution in [1.82, 2.24) is 20.4 Å². The smallest absolute Gasteiger partial charge is 0.273 e. The van der Waals surface area contributed by atoms with Gasteiger partial charge < -0.3 is 10.6 Å². The first-order valence-corrected chi connectivity index (χ1v) is 7.32. The summed E-state index contributed by atoms with van der Waals surface area (Å²) in [5.74, 6) is -0.788. The van der Waals surface area contributed by atoms with Gasteiger partial charge in [-0.3, -0.25) is 24.3 Å². The molecule has 1 heterocycles. The molecule has 2 amide bonds. The molecule has 1 aliphatic carbocycles. The molecule has 3 N–H and O–H groups in total. The number of carbonyl (C=O) groups excluding carboxylic acids is 2. The third-order valence-electron chi connectivity index (χ3n) is 3.57. The normalized spacial score (nSPS) is 13.7. The fourth-order valence-electron chi connectivity index (χ4n) is 2.24. The SMILES string of the molecule is O=C(Cn1[nH]c(=O)c2ccccc2c1=O)NCC(=O)NC1CC1. The maximum Gasteiger partial charge on any atom is 0.273 e. The number of rotatable bonds is 5. The van der Waals surface area contributed by atoms with Crippen LogP contribution >= 0.6 is 0 Å². The molecule has 0 aliphatic heterocycles. The lowest BCUT2D eigenvalue weighted by Gasteiger charge is -2.08. The number of aromatic amines is 1. The summed E-state index contributed by atoms with van der Waals surface area (Å²) in [6.07, 6.45) is 1.93. The molecule has 3 rings (SSSR count). The molecular formula is C15H16N4O4. The lowest BCUT2D eigenvalue weighted by atomic mass is 10.2. The molecule has 1 fully saturated rings. The molecule has 0 saturated heterocycles. The highest BCUT2D eigenvalue weighted by Crippen LogP contribution is 2.18. The van der Waals surface area contributed by atoms with Gasteiger partial charge in [0, 0.05) is 6.04 Å². The van der Waals surface area contributed by atoms with Gasteiger partial charge in [0.25, 0.3) is 11.1 Å². The third kappa shape index (κ3) is 3.47. The molecule has 0 radical (unpaired) electrons. The van der Waals surface area contributed by atoms with Gasteiger partial charge in [-0.25, -0.2) is 4.68 Å². The number of hydrogen-bond acceptors (Lipinski definition) is 4. The van der Waals surface area contributed by atoms with Gasteiger partial charge in [-0.2, -0.15) is 0 Å². The minimum absolute atomic E-state index is 0.151. The highest BCUT2D eigenvalue weighted by atomic mass is 16.2. The van der Waals surface area contributed by atoms with E-state index in [1.165, 1.54) is 6.07 Å². The van der Waals surface area contributed by atoms with Crippen LogP contribution in [0.3, 0.4) is 0 Å². The molecule has 0 bridgehead atoms. The van der Waals surface area contributed by atoms with Crippen LogP contribution in [-0.4, -0.2) is 34.2 Å². The van der Waals surface area contributed by atoms with E-state index in [9.17, 15) is 19.2 Å². The van der Waals surface area contributed by atoms with Crippen LogP contribution < -0.4 is 21.8 Å². The number of carbonyl (C=O) groups is 2. The molecule has 1 saturated carbocycles. The van der Waals surface area contributed by atoms with Crippen molar-refractivity contribution in [1.29, 1.82) is 0 Å². The zero-order valence-electron chi connectivity index (χ0n) is 12.3. The monoisotopic (exact) mass is 316 g/mol. The fourth-order valence-corrected chi connectivity index (χ4v) is 2.24. The number of H-pyrrole nitrogens is 1. The van der Waals surface area contributed by atoms with Gasteiger partial charge in [0.15, 0.2) is 0 Å². The second-order valence-corrected chi connectivity index (χ2v) is 5.50. The maximum atomic E-state index is 12.2. The molecule has 8 heteroatoms. The summed E-state index contributed by atoms with van der Waals surface area (Å²) in [6.45, 7) is -0.502. The second kappa shape index (κ2) is 6.07. The fraction of sp³-hybridized carbons (Fsp3) is 0.333. The van der Waals surface area contributed by atoms with Crippen molar-refractivity contribution < 1.29 is 9.59 Å². The van der Waals surface area contributed by atoms with Crippen molar-refractivity contribution in [2.45, 2.75) is 25.4 Å². The number of fused-ring (bicyclic) bond motifs is 1. The van der Waals surface area contributed by atoms with Gasteiger partial charge in [-0.05, 0) is 25.0 Å². The first-order chi connectivity index (χ1) is 11.0. The third-order valence-corrected chi connectivity index (χ3v) is 3.57. The lowest BCUT2D eigenvalue weighted by molar-refractivity contribution is -0.126.